The highest BCUT2D eigenvalue weighted by Crippen LogP contribution is 2.27. The van der Waals surface area contributed by atoms with E-state index in [-0.39, 0.29) is 5.41 Å². The Bertz CT molecular complexity index is 362. The van der Waals surface area contributed by atoms with Gasteiger partial charge in [0.1, 0.15) is 0 Å². The molecule has 2 heteroatoms. The number of benzene rings is 1. The lowest BCUT2D eigenvalue weighted by atomic mass is 9.80. The SMILES string of the molecule is Cc1ccccc1C1(C)CNCCN(C)C1. The van der Waals surface area contributed by atoms with E-state index >= 15 is 0 Å². The fourth-order valence-corrected chi connectivity index (χ4v) is 2.80. The van der Waals surface area contributed by atoms with Crippen LogP contribution >= 0.6 is 0 Å². The first-order valence-electron chi connectivity index (χ1n) is 6.07. The van der Waals surface area contributed by atoms with Gasteiger partial charge in [0.05, 0.1) is 0 Å². The summed E-state index contributed by atoms with van der Waals surface area (Å²) in [6, 6.07) is 8.76. The summed E-state index contributed by atoms with van der Waals surface area (Å²) in [6.07, 6.45) is 0. The third-order valence-electron chi connectivity index (χ3n) is 3.60. The molecular weight excluding hydrogens is 196 g/mol. The minimum absolute atomic E-state index is 0.233. The Labute approximate surface area is 98.7 Å². The maximum Gasteiger partial charge on any atom is 0.0179 e. The number of aryl methyl sites for hydroxylation is 1. The van der Waals surface area contributed by atoms with Crippen LogP contribution in [0.3, 0.4) is 0 Å². The molecule has 0 bridgehead atoms. The Hall–Kier alpha value is -0.860. The van der Waals surface area contributed by atoms with E-state index in [1.54, 1.807) is 0 Å². The molecule has 1 aromatic rings. The van der Waals surface area contributed by atoms with Crippen molar-refractivity contribution in [3.05, 3.63) is 35.4 Å². The van der Waals surface area contributed by atoms with E-state index in [1.807, 2.05) is 0 Å². The van der Waals surface area contributed by atoms with E-state index in [1.165, 1.54) is 11.1 Å². The van der Waals surface area contributed by atoms with Gasteiger partial charge in [-0.15, -0.1) is 0 Å². The molecule has 16 heavy (non-hydrogen) atoms. The van der Waals surface area contributed by atoms with Gasteiger partial charge in [-0.2, -0.15) is 0 Å². The van der Waals surface area contributed by atoms with Crippen LogP contribution in [-0.4, -0.2) is 38.1 Å². The summed E-state index contributed by atoms with van der Waals surface area (Å²) in [7, 11) is 2.21. The summed E-state index contributed by atoms with van der Waals surface area (Å²) < 4.78 is 0. The summed E-state index contributed by atoms with van der Waals surface area (Å²) in [5.41, 5.74) is 3.12. The number of nitrogens with one attached hydrogen (secondary N) is 1. The minimum atomic E-state index is 0.233. The zero-order valence-electron chi connectivity index (χ0n) is 10.6. The van der Waals surface area contributed by atoms with E-state index in [0.717, 1.165) is 26.2 Å². The highest BCUT2D eigenvalue weighted by atomic mass is 15.1. The van der Waals surface area contributed by atoms with Crippen molar-refractivity contribution in [3.63, 3.8) is 0 Å². The molecule has 0 aromatic heterocycles. The normalized spacial score (nSPS) is 27.7. The maximum atomic E-state index is 3.55. The number of hydrogen-bond donors (Lipinski definition) is 1. The predicted octanol–water partition coefficient (Wildman–Crippen LogP) is 1.79. The first-order chi connectivity index (χ1) is 7.62. The fraction of sp³-hybridized carbons (Fsp3) is 0.571. The Morgan fingerprint density at radius 1 is 1.31 bits per heavy atom. The first kappa shape index (κ1) is 11.6. The Morgan fingerprint density at radius 3 is 2.81 bits per heavy atom. The fourth-order valence-electron chi connectivity index (χ4n) is 2.80. The van der Waals surface area contributed by atoms with Crippen molar-refractivity contribution in [1.29, 1.82) is 0 Å². The average molecular weight is 218 g/mol. The second-order valence-electron chi connectivity index (χ2n) is 5.29. The summed E-state index contributed by atoms with van der Waals surface area (Å²) in [5.74, 6) is 0. The monoisotopic (exact) mass is 218 g/mol. The van der Waals surface area contributed by atoms with Crippen molar-refractivity contribution in [2.24, 2.45) is 0 Å². The van der Waals surface area contributed by atoms with E-state index in [4.69, 9.17) is 0 Å². The molecule has 0 saturated carbocycles. The van der Waals surface area contributed by atoms with Crippen LogP contribution in [0.15, 0.2) is 24.3 Å². The molecule has 1 N–H and O–H groups in total. The van der Waals surface area contributed by atoms with Gasteiger partial charge in [-0.05, 0) is 25.1 Å². The van der Waals surface area contributed by atoms with E-state index in [0.29, 0.717) is 0 Å². The Kier molecular flexibility index (Phi) is 3.31. The summed E-state index contributed by atoms with van der Waals surface area (Å²) >= 11 is 0. The van der Waals surface area contributed by atoms with Crippen molar-refractivity contribution in [2.75, 3.05) is 33.2 Å². The van der Waals surface area contributed by atoms with Crippen molar-refractivity contribution >= 4 is 0 Å². The van der Waals surface area contributed by atoms with E-state index < -0.39 is 0 Å². The molecule has 2 nitrogen and oxygen atoms in total. The summed E-state index contributed by atoms with van der Waals surface area (Å²) in [4.78, 5) is 2.42. The summed E-state index contributed by atoms with van der Waals surface area (Å²) in [6.45, 7) is 9.02. The average Bonchev–Trinajstić information content (AvgIpc) is 2.41. The van der Waals surface area contributed by atoms with E-state index in [2.05, 4.69) is 55.4 Å². The van der Waals surface area contributed by atoms with Gasteiger partial charge in [0, 0.05) is 31.6 Å². The van der Waals surface area contributed by atoms with Crippen LogP contribution in [0, 0.1) is 6.92 Å². The molecule has 1 unspecified atom stereocenters. The van der Waals surface area contributed by atoms with Crippen LogP contribution < -0.4 is 5.32 Å². The molecule has 0 amide bonds. The zero-order valence-corrected chi connectivity index (χ0v) is 10.6. The van der Waals surface area contributed by atoms with Gasteiger partial charge in [0.15, 0.2) is 0 Å². The molecule has 1 atom stereocenters. The van der Waals surface area contributed by atoms with Crippen molar-refractivity contribution in [3.8, 4) is 0 Å². The second-order valence-corrected chi connectivity index (χ2v) is 5.29. The molecule has 1 aliphatic rings. The molecule has 88 valence electrons. The predicted molar refractivity (Wildman–Crippen MR) is 68.9 cm³/mol. The van der Waals surface area contributed by atoms with Gasteiger partial charge in [0.2, 0.25) is 0 Å². The minimum Gasteiger partial charge on any atom is -0.315 e. The lowest BCUT2D eigenvalue weighted by Gasteiger charge is -2.32. The Morgan fingerprint density at radius 2 is 2.06 bits per heavy atom. The molecule has 1 saturated heterocycles. The zero-order chi connectivity index (χ0) is 11.6. The number of rotatable bonds is 1. The quantitative estimate of drug-likeness (QED) is 0.773. The topological polar surface area (TPSA) is 15.3 Å². The largest absolute Gasteiger partial charge is 0.315 e. The lowest BCUT2D eigenvalue weighted by Crippen LogP contribution is -2.40. The highest BCUT2D eigenvalue weighted by Gasteiger charge is 2.30. The number of hydrogen-bond acceptors (Lipinski definition) is 2. The molecule has 0 radical (unpaired) electrons. The third kappa shape index (κ3) is 2.28. The smallest absolute Gasteiger partial charge is 0.0179 e. The van der Waals surface area contributed by atoms with Gasteiger partial charge in [-0.3, -0.25) is 0 Å². The van der Waals surface area contributed by atoms with Crippen molar-refractivity contribution in [1.82, 2.24) is 10.2 Å². The van der Waals surface area contributed by atoms with E-state index in [9.17, 15) is 0 Å². The van der Waals surface area contributed by atoms with Crippen molar-refractivity contribution in [2.45, 2.75) is 19.3 Å². The van der Waals surface area contributed by atoms with Crippen LogP contribution in [-0.2, 0) is 5.41 Å². The second kappa shape index (κ2) is 4.56. The standard InChI is InChI=1S/C14H22N2/c1-12-6-4-5-7-13(12)14(2)10-15-8-9-16(3)11-14/h4-7,15H,8-11H2,1-3H3. The van der Waals surface area contributed by atoms with Gasteiger partial charge in [0.25, 0.3) is 0 Å². The van der Waals surface area contributed by atoms with Gasteiger partial charge < -0.3 is 10.2 Å². The molecule has 1 aliphatic heterocycles. The van der Waals surface area contributed by atoms with Crippen LogP contribution in [0.2, 0.25) is 0 Å². The highest BCUT2D eigenvalue weighted by molar-refractivity contribution is 5.34. The number of nitrogens with zero attached hydrogens (tertiary/aromatic N) is 1. The van der Waals surface area contributed by atoms with Crippen LogP contribution in [0.4, 0.5) is 0 Å². The van der Waals surface area contributed by atoms with Gasteiger partial charge in [-0.1, -0.05) is 31.2 Å². The van der Waals surface area contributed by atoms with Gasteiger partial charge in [-0.25, -0.2) is 0 Å². The third-order valence-corrected chi connectivity index (χ3v) is 3.60. The Balaban J connectivity index is 2.32. The van der Waals surface area contributed by atoms with Crippen LogP contribution in [0.1, 0.15) is 18.1 Å². The molecule has 0 spiro atoms. The molecule has 1 aromatic carbocycles. The maximum absolute atomic E-state index is 3.55. The summed E-state index contributed by atoms with van der Waals surface area (Å²) in [5, 5.41) is 3.55. The molecule has 1 heterocycles. The van der Waals surface area contributed by atoms with Crippen LogP contribution in [0.25, 0.3) is 0 Å². The number of likely N-dealkylation sites (N-methyl/N-ethyl adjacent to an activating group) is 1. The lowest BCUT2D eigenvalue weighted by molar-refractivity contribution is 0.289. The van der Waals surface area contributed by atoms with Gasteiger partial charge >= 0.3 is 0 Å². The molecule has 2 rings (SSSR count). The van der Waals surface area contributed by atoms with Crippen molar-refractivity contribution < 1.29 is 0 Å². The molecule has 0 aliphatic carbocycles. The first-order valence-corrected chi connectivity index (χ1v) is 6.07. The molecule has 1 fully saturated rings. The molecular formula is C14H22N2. The van der Waals surface area contributed by atoms with Crippen LogP contribution in [0.5, 0.6) is 0 Å².